The first kappa shape index (κ1) is 24.7. The molecule has 1 aliphatic rings. The Bertz CT molecular complexity index is 1470. The smallest absolute Gasteiger partial charge is 0.341 e. The Kier molecular flexibility index (Phi) is 6.78. The zero-order valence-electron chi connectivity index (χ0n) is 20.3. The number of aromatic carboxylic acids is 1. The van der Waals surface area contributed by atoms with E-state index >= 15 is 4.39 Å². The summed E-state index contributed by atoms with van der Waals surface area (Å²) in [5, 5.41) is 11.7. The van der Waals surface area contributed by atoms with Crippen molar-refractivity contribution in [3.8, 4) is 5.75 Å². The third-order valence-corrected chi connectivity index (χ3v) is 6.99. The summed E-state index contributed by atoms with van der Waals surface area (Å²) in [7, 11) is 0. The standard InChI is InChI=1S/C30H26F3NO3/c1-18(21-12-5-9-19-8-2-3-11-22(19)21)7-4-10-20-17-34(29-24(32)13-6-14-26(29)37-20)25-16-15-23(31)27(28(25)33)30(35)36/h2-3,5-6,8-9,11-16,18,20H,4,7,10,17H2,1H3,(H,35,36)/t18-,20?/m0/s1. The molecule has 5 rings (SSSR count). The van der Waals surface area contributed by atoms with Crippen molar-refractivity contribution in [2.45, 2.75) is 38.2 Å². The molecule has 7 heteroatoms. The third-order valence-electron chi connectivity index (χ3n) is 6.99. The highest BCUT2D eigenvalue weighted by atomic mass is 19.1. The summed E-state index contributed by atoms with van der Waals surface area (Å²) in [6.45, 7) is 2.28. The number of rotatable bonds is 7. The number of hydrogen-bond donors (Lipinski definition) is 1. The van der Waals surface area contributed by atoms with Crippen molar-refractivity contribution >= 4 is 28.1 Å². The second kappa shape index (κ2) is 10.2. The van der Waals surface area contributed by atoms with Crippen LogP contribution < -0.4 is 9.64 Å². The van der Waals surface area contributed by atoms with Gasteiger partial charge in [-0.05, 0) is 65.8 Å². The molecule has 1 aliphatic heterocycles. The Morgan fingerprint density at radius 1 is 1.00 bits per heavy atom. The van der Waals surface area contributed by atoms with Crippen LogP contribution in [0.5, 0.6) is 5.75 Å². The second-order valence-corrected chi connectivity index (χ2v) is 9.40. The number of para-hydroxylation sites is 1. The minimum Gasteiger partial charge on any atom is -0.486 e. The fourth-order valence-corrected chi connectivity index (χ4v) is 5.17. The topological polar surface area (TPSA) is 49.8 Å². The summed E-state index contributed by atoms with van der Waals surface area (Å²) in [5.74, 6) is -4.26. The Balaban J connectivity index is 1.37. The summed E-state index contributed by atoms with van der Waals surface area (Å²) < 4.78 is 50.1. The minimum atomic E-state index is -1.72. The lowest BCUT2D eigenvalue weighted by Gasteiger charge is -2.37. The molecule has 0 saturated heterocycles. The second-order valence-electron chi connectivity index (χ2n) is 9.40. The number of carboxylic acid groups (broad SMARTS) is 1. The van der Waals surface area contributed by atoms with E-state index in [2.05, 4.69) is 37.3 Å². The van der Waals surface area contributed by atoms with Gasteiger partial charge in [-0.25, -0.2) is 18.0 Å². The van der Waals surface area contributed by atoms with Gasteiger partial charge in [-0.15, -0.1) is 0 Å². The van der Waals surface area contributed by atoms with Crippen LogP contribution in [0.2, 0.25) is 0 Å². The number of halogens is 3. The van der Waals surface area contributed by atoms with Crippen LogP contribution in [-0.2, 0) is 0 Å². The molecular weight excluding hydrogens is 479 g/mol. The number of fused-ring (bicyclic) bond motifs is 2. The van der Waals surface area contributed by atoms with Gasteiger partial charge in [0.15, 0.2) is 11.6 Å². The average molecular weight is 506 g/mol. The number of carboxylic acids is 1. The SMILES string of the molecule is C[C@@H](CCCC1CN(c2ccc(F)c(C(=O)O)c2F)c2c(F)cccc2O1)c1cccc2ccccc12. The molecule has 0 aromatic heterocycles. The van der Waals surface area contributed by atoms with Gasteiger partial charge in [-0.2, -0.15) is 0 Å². The van der Waals surface area contributed by atoms with E-state index in [1.807, 2.05) is 12.1 Å². The monoisotopic (exact) mass is 505 g/mol. The van der Waals surface area contributed by atoms with Gasteiger partial charge in [0.05, 0.1) is 12.2 Å². The van der Waals surface area contributed by atoms with E-state index in [-0.39, 0.29) is 23.7 Å². The molecule has 0 bridgehead atoms. The molecule has 0 fully saturated rings. The number of hydrogen-bond acceptors (Lipinski definition) is 3. The average Bonchev–Trinajstić information content (AvgIpc) is 2.88. The van der Waals surface area contributed by atoms with Gasteiger partial charge in [0, 0.05) is 0 Å². The lowest BCUT2D eigenvalue weighted by molar-refractivity contribution is 0.0686. The Labute approximate surface area is 212 Å². The van der Waals surface area contributed by atoms with Crippen molar-refractivity contribution < 1.29 is 27.8 Å². The zero-order valence-corrected chi connectivity index (χ0v) is 20.3. The Morgan fingerprint density at radius 2 is 1.76 bits per heavy atom. The molecule has 0 spiro atoms. The van der Waals surface area contributed by atoms with Crippen LogP contribution >= 0.6 is 0 Å². The first-order chi connectivity index (χ1) is 17.8. The van der Waals surface area contributed by atoms with E-state index in [4.69, 9.17) is 4.74 Å². The van der Waals surface area contributed by atoms with Crippen LogP contribution in [0, 0.1) is 17.5 Å². The molecule has 0 aliphatic carbocycles. The molecular formula is C30H26F3NO3. The van der Waals surface area contributed by atoms with Gasteiger partial charge in [-0.3, -0.25) is 0 Å². The van der Waals surface area contributed by atoms with Crippen molar-refractivity contribution in [2.24, 2.45) is 0 Å². The quantitative estimate of drug-likeness (QED) is 0.278. The van der Waals surface area contributed by atoms with Crippen LogP contribution in [-0.4, -0.2) is 23.7 Å². The molecule has 0 amide bonds. The van der Waals surface area contributed by atoms with Crippen molar-refractivity contribution in [1.29, 1.82) is 0 Å². The zero-order chi connectivity index (χ0) is 26.1. The van der Waals surface area contributed by atoms with Gasteiger partial charge in [-0.1, -0.05) is 55.5 Å². The third kappa shape index (κ3) is 4.73. The molecule has 2 atom stereocenters. The van der Waals surface area contributed by atoms with E-state index in [0.29, 0.717) is 12.3 Å². The fraction of sp³-hybridized carbons (Fsp3) is 0.233. The highest BCUT2D eigenvalue weighted by Gasteiger charge is 2.32. The van der Waals surface area contributed by atoms with Gasteiger partial charge in [0.2, 0.25) is 0 Å². The van der Waals surface area contributed by atoms with Crippen molar-refractivity contribution in [3.05, 3.63) is 101 Å². The summed E-state index contributed by atoms with van der Waals surface area (Å²) in [4.78, 5) is 12.8. The fourth-order valence-electron chi connectivity index (χ4n) is 5.17. The summed E-state index contributed by atoms with van der Waals surface area (Å²) in [6.07, 6.45) is 1.92. The van der Waals surface area contributed by atoms with Gasteiger partial charge >= 0.3 is 5.97 Å². The number of ether oxygens (including phenoxy) is 1. The maximum Gasteiger partial charge on any atom is 0.341 e. The molecule has 4 aromatic carbocycles. The van der Waals surface area contributed by atoms with Crippen LogP contribution in [0.3, 0.4) is 0 Å². The predicted molar refractivity (Wildman–Crippen MR) is 137 cm³/mol. The highest BCUT2D eigenvalue weighted by Crippen LogP contribution is 2.42. The van der Waals surface area contributed by atoms with E-state index in [1.165, 1.54) is 33.4 Å². The van der Waals surface area contributed by atoms with E-state index in [0.717, 1.165) is 25.0 Å². The lowest BCUT2D eigenvalue weighted by atomic mass is 9.90. The molecule has 4 aromatic rings. The number of carbonyl (C=O) groups is 1. The minimum absolute atomic E-state index is 0.00437. The van der Waals surface area contributed by atoms with Crippen molar-refractivity contribution in [1.82, 2.24) is 0 Å². The molecule has 190 valence electrons. The lowest BCUT2D eigenvalue weighted by Crippen LogP contribution is -2.38. The molecule has 0 saturated carbocycles. The normalized spacial score (nSPS) is 15.8. The van der Waals surface area contributed by atoms with Gasteiger partial charge in [0.1, 0.15) is 28.9 Å². The van der Waals surface area contributed by atoms with E-state index < -0.39 is 35.1 Å². The Morgan fingerprint density at radius 3 is 2.57 bits per heavy atom. The molecule has 37 heavy (non-hydrogen) atoms. The maximum atomic E-state index is 15.2. The molecule has 1 unspecified atom stereocenters. The van der Waals surface area contributed by atoms with Crippen LogP contribution in [0.4, 0.5) is 24.5 Å². The Hall–Kier alpha value is -4.00. The first-order valence-corrected chi connectivity index (χ1v) is 12.3. The number of benzene rings is 4. The molecule has 1 heterocycles. The van der Waals surface area contributed by atoms with Gasteiger partial charge < -0.3 is 14.7 Å². The highest BCUT2D eigenvalue weighted by molar-refractivity contribution is 5.90. The van der Waals surface area contributed by atoms with Crippen LogP contribution in [0.15, 0.2) is 72.8 Å². The van der Waals surface area contributed by atoms with Crippen molar-refractivity contribution in [3.63, 3.8) is 0 Å². The largest absolute Gasteiger partial charge is 0.486 e. The summed E-state index contributed by atoms with van der Waals surface area (Å²) in [5.41, 5.74) is 0.000858. The van der Waals surface area contributed by atoms with Crippen LogP contribution in [0.1, 0.15) is 48.0 Å². The first-order valence-electron chi connectivity index (χ1n) is 12.3. The van der Waals surface area contributed by atoms with Crippen LogP contribution in [0.25, 0.3) is 10.8 Å². The predicted octanol–water partition coefficient (Wildman–Crippen LogP) is 7.83. The number of nitrogens with zero attached hydrogens (tertiary/aromatic N) is 1. The summed E-state index contributed by atoms with van der Waals surface area (Å²) in [6, 6.07) is 20.9. The molecule has 4 nitrogen and oxygen atoms in total. The summed E-state index contributed by atoms with van der Waals surface area (Å²) >= 11 is 0. The number of anilines is 2. The molecule has 0 radical (unpaired) electrons. The van der Waals surface area contributed by atoms with Gasteiger partial charge in [0.25, 0.3) is 0 Å². The maximum absolute atomic E-state index is 15.2. The van der Waals surface area contributed by atoms with E-state index in [1.54, 1.807) is 6.07 Å². The molecule has 1 N–H and O–H groups in total. The van der Waals surface area contributed by atoms with Crippen molar-refractivity contribution in [2.75, 3.05) is 11.4 Å². The van der Waals surface area contributed by atoms with E-state index in [9.17, 15) is 18.7 Å².